The Morgan fingerprint density at radius 2 is 2.08 bits per heavy atom. The lowest BCUT2D eigenvalue weighted by Gasteiger charge is -2.25. The van der Waals surface area contributed by atoms with Crippen molar-refractivity contribution in [3.8, 4) is 0 Å². The van der Waals surface area contributed by atoms with Gasteiger partial charge < -0.3 is 14.6 Å². The molecular weight excluding hydrogens is 348 g/mol. The summed E-state index contributed by atoms with van der Waals surface area (Å²) in [5, 5.41) is 3.76. The van der Waals surface area contributed by atoms with Crippen LogP contribution in [0.15, 0.2) is 54.9 Å². The number of hydrogen-bond acceptors (Lipinski definition) is 2. The van der Waals surface area contributed by atoms with E-state index in [2.05, 4.69) is 10.3 Å². The normalized spacial score (nSPS) is 17.0. The highest BCUT2D eigenvalue weighted by molar-refractivity contribution is 6.30. The molecule has 1 atom stereocenters. The van der Waals surface area contributed by atoms with E-state index < -0.39 is 0 Å². The van der Waals surface area contributed by atoms with Gasteiger partial charge in [0.15, 0.2) is 0 Å². The highest BCUT2D eigenvalue weighted by atomic mass is 35.5. The van der Waals surface area contributed by atoms with Gasteiger partial charge in [0.05, 0.1) is 11.7 Å². The van der Waals surface area contributed by atoms with Crippen LogP contribution in [-0.4, -0.2) is 33.4 Å². The zero-order valence-electron chi connectivity index (χ0n) is 14.4. The molecular formula is C20H21ClN4O. The number of amides is 2. The fourth-order valence-electron chi connectivity index (χ4n) is 3.55. The van der Waals surface area contributed by atoms with Gasteiger partial charge in [-0.1, -0.05) is 29.8 Å². The molecule has 0 unspecified atom stereocenters. The number of nitrogens with zero attached hydrogens (tertiary/aromatic N) is 3. The molecule has 0 saturated carbocycles. The van der Waals surface area contributed by atoms with Gasteiger partial charge in [-0.3, -0.25) is 0 Å². The monoisotopic (exact) mass is 368 g/mol. The fraction of sp³-hybridized carbons (Fsp3) is 0.300. The largest absolute Gasteiger partial charge is 0.338 e. The van der Waals surface area contributed by atoms with Gasteiger partial charge in [-0.25, -0.2) is 9.78 Å². The van der Waals surface area contributed by atoms with Crippen molar-refractivity contribution in [1.82, 2.24) is 19.6 Å². The number of imidazole rings is 1. The number of carbonyl (C=O) groups excluding carboxylic acids is 1. The van der Waals surface area contributed by atoms with Gasteiger partial charge in [-0.05, 0) is 42.7 Å². The first-order valence-electron chi connectivity index (χ1n) is 8.93. The van der Waals surface area contributed by atoms with Crippen LogP contribution in [0.1, 0.15) is 30.1 Å². The number of nitrogens with one attached hydrogen (secondary N) is 1. The molecule has 0 radical (unpaired) electrons. The summed E-state index contributed by atoms with van der Waals surface area (Å²) in [6, 6.07) is 13.8. The standard InChI is InChI=1S/C20H21ClN4O/c21-16-8-6-15(7-9-16)18-4-3-13-25(18)20(26)22-11-10-17-14-24-12-2-1-5-19(24)23-17/h1-2,5-9,12,14,18H,3-4,10-11,13H2,(H,22,26)/t18-/m1/s1. The predicted octanol–water partition coefficient (Wildman–Crippen LogP) is 4.08. The Kier molecular flexibility index (Phi) is 4.80. The van der Waals surface area contributed by atoms with Crippen LogP contribution in [0.4, 0.5) is 4.79 Å². The average Bonchev–Trinajstić information content (AvgIpc) is 3.29. The molecule has 3 heterocycles. The van der Waals surface area contributed by atoms with E-state index in [0.717, 1.165) is 41.3 Å². The average molecular weight is 369 g/mol. The van der Waals surface area contributed by atoms with Crippen LogP contribution >= 0.6 is 11.6 Å². The van der Waals surface area contributed by atoms with Crippen LogP contribution in [0.5, 0.6) is 0 Å². The number of carbonyl (C=O) groups is 1. The Bertz CT molecular complexity index is 873. The van der Waals surface area contributed by atoms with Crippen molar-refractivity contribution in [2.24, 2.45) is 0 Å². The zero-order valence-corrected chi connectivity index (χ0v) is 15.2. The van der Waals surface area contributed by atoms with E-state index in [1.807, 2.05) is 64.2 Å². The Morgan fingerprint density at radius 3 is 2.88 bits per heavy atom. The molecule has 5 nitrogen and oxygen atoms in total. The maximum absolute atomic E-state index is 12.6. The smallest absolute Gasteiger partial charge is 0.317 e. The molecule has 1 fully saturated rings. The maximum Gasteiger partial charge on any atom is 0.317 e. The summed E-state index contributed by atoms with van der Waals surface area (Å²) < 4.78 is 1.99. The van der Waals surface area contributed by atoms with Crippen molar-refractivity contribution in [1.29, 1.82) is 0 Å². The van der Waals surface area contributed by atoms with Gasteiger partial charge in [0.25, 0.3) is 0 Å². The van der Waals surface area contributed by atoms with E-state index in [-0.39, 0.29) is 12.1 Å². The van der Waals surface area contributed by atoms with Crippen LogP contribution < -0.4 is 5.32 Å². The third-order valence-corrected chi connectivity index (χ3v) is 5.09. The Labute approximate surface area is 157 Å². The van der Waals surface area contributed by atoms with Crippen molar-refractivity contribution in [3.63, 3.8) is 0 Å². The number of aromatic nitrogens is 2. The van der Waals surface area contributed by atoms with Crippen molar-refractivity contribution in [3.05, 3.63) is 71.1 Å². The van der Waals surface area contributed by atoms with E-state index in [9.17, 15) is 4.79 Å². The quantitative estimate of drug-likeness (QED) is 0.754. The predicted molar refractivity (Wildman–Crippen MR) is 102 cm³/mol. The topological polar surface area (TPSA) is 49.6 Å². The summed E-state index contributed by atoms with van der Waals surface area (Å²) in [7, 11) is 0. The molecule has 1 saturated heterocycles. The van der Waals surface area contributed by atoms with Crippen molar-refractivity contribution in [2.45, 2.75) is 25.3 Å². The van der Waals surface area contributed by atoms with Crippen LogP contribution in [-0.2, 0) is 6.42 Å². The maximum atomic E-state index is 12.6. The second-order valence-corrected chi connectivity index (χ2v) is 7.02. The molecule has 4 rings (SSSR count). The van der Waals surface area contributed by atoms with Crippen LogP contribution in [0.25, 0.3) is 5.65 Å². The number of pyridine rings is 1. The summed E-state index contributed by atoms with van der Waals surface area (Å²) in [6.45, 7) is 1.36. The minimum absolute atomic E-state index is 0.00814. The molecule has 2 aromatic heterocycles. The molecule has 1 aromatic carbocycles. The number of rotatable bonds is 4. The molecule has 26 heavy (non-hydrogen) atoms. The van der Waals surface area contributed by atoms with E-state index >= 15 is 0 Å². The minimum Gasteiger partial charge on any atom is -0.338 e. The van der Waals surface area contributed by atoms with Crippen molar-refractivity contribution < 1.29 is 4.79 Å². The molecule has 1 aliphatic rings. The molecule has 134 valence electrons. The van der Waals surface area contributed by atoms with E-state index in [1.165, 1.54) is 0 Å². The van der Waals surface area contributed by atoms with E-state index in [4.69, 9.17) is 11.6 Å². The summed E-state index contributed by atoms with van der Waals surface area (Å²) in [6.07, 6.45) is 6.71. The number of halogens is 1. The molecule has 2 amide bonds. The summed E-state index contributed by atoms with van der Waals surface area (Å²) in [4.78, 5) is 19.1. The summed E-state index contributed by atoms with van der Waals surface area (Å²) in [5.74, 6) is 0. The number of likely N-dealkylation sites (tertiary alicyclic amines) is 1. The lowest BCUT2D eigenvalue weighted by molar-refractivity contribution is 0.193. The van der Waals surface area contributed by atoms with Crippen LogP contribution in [0, 0.1) is 0 Å². The summed E-state index contributed by atoms with van der Waals surface area (Å²) in [5.41, 5.74) is 3.05. The molecule has 0 bridgehead atoms. The van der Waals surface area contributed by atoms with Crippen molar-refractivity contribution in [2.75, 3.05) is 13.1 Å². The molecule has 1 N–H and O–H groups in total. The van der Waals surface area contributed by atoms with E-state index in [1.54, 1.807) is 0 Å². The van der Waals surface area contributed by atoms with Crippen LogP contribution in [0.2, 0.25) is 5.02 Å². The Morgan fingerprint density at radius 1 is 1.23 bits per heavy atom. The van der Waals surface area contributed by atoms with Gasteiger partial charge in [-0.2, -0.15) is 0 Å². The zero-order chi connectivity index (χ0) is 17.9. The van der Waals surface area contributed by atoms with Crippen molar-refractivity contribution >= 4 is 23.3 Å². The van der Waals surface area contributed by atoms with Gasteiger partial charge in [0.2, 0.25) is 0 Å². The van der Waals surface area contributed by atoms with Gasteiger partial charge in [-0.15, -0.1) is 0 Å². The highest BCUT2D eigenvalue weighted by Crippen LogP contribution is 2.32. The molecule has 1 aliphatic heterocycles. The lowest BCUT2D eigenvalue weighted by Crippen LogP contribution is -2.40. The minimum atomic E-state index is -0.00814. The molecule has 6 heteroatoms. The fourth-order valence-corrected chi connectivity index (χ4v) is 3.67. The van der Waals surface area contributed by atoms with Gasteiger partial charge in [0.1, 0.15) is 5.65 Å². The second kappa shape index (κ2) is 7.38. The SMILES string of the molecule is O=C(NCCc1cn2ccccc2n1)N1CCC[C@@H]1c1ccc(Cl)cc1. The molecule has 0 spiro atoms. The number of hydrogen-bond donors (Lipinski definition) is 1. The first-order valence-corrected chi connectivity index (χ1v) is 9.31. The third kappa shape index (κ3) is 3.53. The molecule has 3 aromatic rings. The Hall–Kier alpha value is -2.53. The third-order valence-electron chi connectivity index (χ3n) is 4.84. The first-order chi connectivity index (χ1) is 12.7. The Balaban J connectivity index is 1.35. The van der Waals surface area contributed by atoms with Gasteiger partial charge in [0, 0.05) is 36.9 Å². The first kappa shape index (κ1) is 16.9. The second-order valence-electron chi connectivity index (χ2n) is 6.58. The number of benzene rings is 1. The molecule has 0 aliphatic carbocycles. The highest BCUT2D eigenvalue weighted by Gasteiger charge is 2.29. The number of fused-ring (bicyclic) bond motifs is 1. The number of urea groups is 1. The summed E-state index contributed by atoms with van der Waals surface area (Å²) >= 11 is 5.97. The van der Waals surface area contributed by atoms with Gasteiger partial charge >= 0.3 is 6.03 Å². The lowest BCUT2D eigenvalue weighted by atomic mass is 10.1. The van der Waals surface area contributed by atoms with Crippen LogP contribution in [0.3, 0.4) is 0 Å². The van der Waals surface area contributed by atoms with E-state index in [0.29, 0.717) is 13.0 Å².